The molecule has 0 saturated carbocycles. The first-order valence-corrected chi connectivity index (χ1v) is 9.49. The smallest absolute Gasteiger partial charge is 0.338 e. The molecule has 1 aromatic carbocycles. The van der Waals surface area contributed by atoms with Gasteiger partial charge in [-0.05, 0) is 24.6 Å². The van der Waals surface area contributed by atoms with E-state index in [1.165, 1.54) is 0 Å². The largest absolute Gasteiger partial charge is 0.463 e. The van der Waals surface area contributed by atoms with Crippen molar-refractivity contribution in [2.75, 3.05) is 6.61 Å². The number of carbonyl (C=O) groups is 2. The zero-order valence-corrected chi connectivity index (χ0v) is 16.3. The summed E-state index contributed by atoms with van der Waals surface area (Å²) in [4.78, 5) is 29.2. The first-order valence-electron chi connectivity index (χ1n) is 9.49. The number of carbonyl (C=O) groups excluding carboxylic acids is 2. The number of allylic oxidation sites excluding steroid dienone is 1. The number of hydrogen-bond acceptors (Lipinski definition) is 6. The molecule has 152 valence electrons. The van der Waals surface area contributed by atoms with Crippen molar-refractivity contribution >= 4 is 12.0 Å². The van der Waals surface area contributed by atoms with Gasteiger partial charge in [0.05, 0.1) is 36.7 Å². The van der Waals surface area contributed by atoms with Crippen LogP contribution in [0.3, 0.4) is 0 Å². The van der Waals surface area contributed by atoms with E-state index in [4.69, 9.17) is 4.74 Å². The third-order valence-electron chi connectivity index (χ3n) is 4.60. The van der Waals surface area contributed by atoms with Crippen molar-refractivity contribution < 1.29 is 14.3 Å². The Bertz CT molecular complexity index is 1080. The molecule has 9 heteroatoms. The zero-order valence-electron chi connectivity index (χ0n) is 16.3. The van der Waals surface area contributed by atoms with E-state index in [0.717, 1.165) is 11.1 Å². The summed E-state index contributed by atoms with van der Waals surface area (Å²) in [5, 5.41) is 13.8. The van der Waals surface area contributed by atoms with Crippen LogP contribution in [0.2, 0.25) is 0 Å². The SMILES string of the molecule is CCOC(=O)C1=C(Cn2cc(-c3cccnc3)nn2)NC(=O)NC1c1ccccc1. The van der Waals surface area contributed by atoms with Crippen LogP contribution in [0.1, 0.15) is 18.5 Å². The van der Waals surface area contributed by atoms with Crippen molar-refractivity contribution in [2.45, 2.75) is 19.5 Å². The Labute approximate surface area is 172 Å². The number of aromatic nitrogens is 4. The predicted octanol–water partition coefficient (Wildman–Crippen LogP) is 2.21. The van der Waals surface area contributed by atoms with Crippen LogP contribution in [-0.4, -0.2) is 38.6 Å². The van der Waals surface area contributed by atoms with Crippen LogP contribution in [-0.2, 0) is 16.1 Å². The number of benzene rings is 1. The summed E-state index contributed by atoms with van der Waals surface area (Å²) in [6.45, 7) is 2.11. The average molecular weight is 404 g/mol. The highest BCUT2D eigenvalue weighted by Crippen LogP contribution is 2.28. The second kappa shape index (κ2) is 8.56. The van der Waals surface area contributed by atoms with Gasteiger partial charge < -0.3 is 15.4 Å². The maximum atomic E-state index is 12.8. The third-order valence-corrected chi connectivity index (χ3v) is 4.60. The molecule has 2 aromatic heterocycles. The number of nitrogens with one attached hydrogen (secondary N) is 2. The molecule has 0 spiro atoms. The summed E-state index contributed by atoms with van der Waals surface area (Å²) in [6, 6.07) is 11.9. The quantitative estimate of drug-likeness (QED) is 0.610. The fourth-order valence-electron chi connectivity index (χ4n) is 3.27. The number of nitrogens with zero attached hydrogens (tertiary/aromatic N) is 4. The summed E-state index contributed by atoms with van der Waals surface area (Å²) in [5.41, 5.74) is 2.98. The van der Waals surface area contributed by atoms with Crippen molar-refractivity contribution in [1.82, 2.24) is 30.6 Å². The van der Waals surface area contributed by atoms with Crippen LogP contribution in [0.4, 0.5) is 4.79 Å². The van der Waals surface area contributed by atoms with Crippen LogP contribution in [0.15, 0.2) is 72.3 Å². The standard InChI is InChI=1S/C21H20N6O3/c1-2-30-20(28)18-17(23-21(29)24-19(18)14-7-4-3-5-8-14)13-27-12-16(25-26-27)15-9-6-10-22-11-15/h3-12,19H,2,13H2,1H3,(H2,23,24,29). The van der Waals surface area contributed by atoms with Gasteiger partial charge in [0, 0.05) is 18.0 Å². The van der Waals surface area contributed by atoms with Gasteiger partial charge in [-0.25, -0.2) is 14.3 Å². The third kappa shape index (κ3) is 4.04. The normalized spacial score (nSPS) is 16.0. The van der Waals surface area contributed by atoms with Gasteiger partial charge in [0.25, 0.3) is 0 Å². The molecule has 4 rings (SSSR count). The van der Waals surface area contributed by atoms with Gasteiger partial charge in [0.1, 0.15) is 5.69 Å². The molecule has 1 unspecified atom stereocenters. The summed E-state index contributed by atoms with van der Waals surface area (Å²) in [5.74, 6) is -0.499. The Morgan fingerprint density at radius 1 is 1.20 bits per heavy atom. The number of rotatable bonds is 6. The van der Waals surface area contributed by atoms with Gasteiger partial charge in [-0.3, -0.25) is 4.98 Å². The summed E-state index contributed by atoms with van der Waals surface area (Å²) in [6.07, 6.45) is 5.10. The van der Waals surface area contributed by atoms with Crippen molar-refractivity contribution in [3.05, 3.63) is 77.9 Å². The molecule has 9 nitrogen and oxygen atoms in total. The molecule has 0 bridgehead atoms. The lowest BCUT2D eigenvalue weighted by atomic mass is 9.95. The monoisotopic (exact) mass is 404 g/mol. The maximum Gasteiger partial charge on any atom is 0.338 e. The van der Waals surface area contributed by atoms with Crippen molar-refractivity contribution in [3.8, 4) is 11.3 Å². The molecular formula is C21H20N6O3. The van der Waals surface area contributed by atoms with Gasteiger partial charge >= 0.3 is 12.0 Å². The second-order valence-corrected chi connectivity index (χ2v) is 6.60. The van der Waals surface area contributed by atoms with E-state index in [1.807, 2.05) is 42.5 Å². The van der Waals surface area contributed by atoms with E-state index in [0.29, 0.717) is 17.0 Å². The lowest BCUT2D eigenvalue weighted by Gasteiger charge is -2.29. The fraction of sp³-hybridized carbons (Fsp3) is 0.190. The van der Waals surface area contributed by atoms with E-state index in [1.54, 1.807) is 30.2 Å². The minimum atomic E-state index is -0.629. The number of ether oxygens (including phenoxy) is 1. The van der Waals surface area contributed by atoms with E-state index >= 15 is 0 Å². The Kier molecular flexibility index (Phi) is 5.51. The van der Waals surface area contributed by atoms with Crippen LogP contribution >= 0.6 is 0 Å². The molecule has 0 fully saturated rings. The minimum absolute atomic E-state index is 0.151. The lowest BCUT2D eigenvalue weighted by Crippen LogP contribution is -2.46. The molecule has 3 heterocycles. The highest BCUT2D eigenvalue weighted by atomic mass is 16.5. The Morgan fingerprint density at radius 2 is 2.03 bits per heavy atom. The average Bonchev–Trinajstić information content (AvgIpc) is 3.23. The Morgan fingerprint density at radius 3 is 2.77 bits per heavy atom. The summed E-state index contributed by atoms with van der Waals surface area (Å²) in [7, 11) is 0. The summed E-state index contributed by atoms with van der Waals surface area (Å²) < 4.78 is 6.83. The van der Waals surface area contributed by atoms with Gasteiger partial charge in [0.15, 0.2) is 0 Å². The molecule has 1 aliphatic heterocycles. The second-order valence-electron chi connectivity index (χ2n) is 6.60. The molecule has 0 radical (unpaired) electrons. The number of pyridine rings is 1. The molecule has 0 aliphatic carbocycles. The van der Waals surface area contributed by atoms with Crippen LogP contribution in [0, 0.1) is 0 Å². The van der Waals surface area contributed by atoms with Crippen LogP contribution < -0.4 is 10.6 Å². The molecular weight excluding hydrogens is 384 g/mol. The number of urea groups is 1. The van der Waals surface area contributed by atoms with Crippen molar-refractivity contribution in [3.63, 3.8) is 0 Å². The van der Waals surface area contributed by atoms with E-state index in [2.05, 4.69) is 25.9 Å². The zero-order chi connectivity index (χ0) is 20.9. The Hall–Kier alpha value is -4.01. The van der Waals surface area contributed by atoms with Crippen molar-refractivity contribution in [2.24, 2.45) is 0 Å². The van der Waals surface area contributed by atoms with E-state index in [9.17, 15) is 9.59 Å². The molecule has 2 N–H and O–H groups in total. The van der Waals surface area contributed by atoms with Crippen LogP contribution in [0.25, 0.3) is 11.3 Å². The molecule has 0 saturated heterocycles. The maximum absolute atomic E-state index is 12.8. The van der Waals surface area contributed by atoms with Crippen molar-refractivity contribution in [1.29, 1.82) is 0 Å². The fourth-order valence-corrected chi connectivity index (χ4v) is 3.27. The molecule has 3 aromatic rings. The number of hydrogen-bond donors (Lipinski definition) is 2. The van der Waals surface area contributed by atoms with Gasteiger partial charge in [-0.2, -0.15) is 0 Å². The predicted molar refractivity (Wildman–Crippen MR) is 108 cm³/mol. The first kappa shape index (κ1) is 19.3. The molecule has 30 heavy (non-hydrogen) atoms. The highest BCUT2D eigenvalue weighted by molar-refractivity contribution is 5.95. The first-order chi connectivity index (χ1) is 14.7. The molecule has 2 amide bonds. The van der Waals surface area contributed by atoms with Gasteiger partial charge in [-0.1, -0.05) is 35.5 Å². The topological polar surface area (TPSA) is 111 Å². The minimum Gasteiger partial charge on any atom is -0.463 e. The van der Waals surface area contributed by atoms with Gasteiger partial charge in [-0.15, -0.1) is 5.10 Å². The Balaban J connectivity index is 1.71. The van der Waals surface area contributed by atoms with E-state index < -0.39 is 18.0 Å². The lowest BCUT2D eigenvalue weighted by molar-refractivity contribution is -0.139. The van der Waals surface area contributed by atoms with E-state index in [-0.39, 0.29) is 13.2 Å². The molecule has 1 aliphatic rings. The highest BCUT2D eigenvalue weighted by Gasteiger charge is 2.33. The number of esters is 1. The number of amides is 2. The van der Waals surface area contributed by atoms with Gasteiger partial charge in [0.2, 0.25) is 0 Å². The summed E-state index contributed by atoms with van der Waals surface area (Å²) >= 11 is 0. The molecule has 1 atom stereocenters. The van der Waals surface area contributed by atoms with Crippen LogP contribution in [0.5, 0.6) is 0 Å².